The molecule has 154 valence electrons. The zero-order valence-electron chi connectivity index (χ0n) is 16.3. The monoisotopic (exact) mass is 418 g/mol. The van der Waals surface area contributed by atoms with Gasteiger partial charge in [-0.1, -0.05) is 50.3 Å². The fourth-order valence-corrected chi connectivity index (χ4v) is 4.24. The van der Waals surface area contributed by atoms with E-state index < -0.39 is 35.5 Å². The maximum absolute atomic E-state index is 16.0. The van der Waals surface area contributed by atoms with E-state index in [9.17, 15) is 14.3 Å². The molecule has 0 fully saturated rings. The lowest BCUT2D eigenvalue weighted by Gasteiger charge is -2.34. The smallest absolute Gasteiger partial charge is 0.320 e. The van der Waals surface area contributed by atoms with Gasteiger partial charge >= 0.3 is 5.97 Å². The summed E-state index contributed by atoms with van der Waals surface area (Å²) in [6.07, 6.45) is 5.58. The Morgan fingerprint density at radius 1 is 1.34 bits per heavy atom. The van der Waals surface area contributed by atoms with Gasteiger partial charge in [-0.2, -0.15) is 0 Å². The second-order valence-electron chi connectivity index (χ2n) is 7.59. The number of allylic oxidation sites excluding steroid dienone is 2. The number of aromatic nitrogens is 1. The van der Waals surface area contributed by atoms with Gasteiger partial charge in [0, 0.05) is 11.6 Å². The summed E-state index contributed by atoms with van der Waals surface area (Å²) in [5.41, 5.74) is -1.51. The molecule has 0 spiro atoms. The second-order valence-corrected chi connectivity index (χ2v) is 8.52. The van der Waals surface area contributed by atoms with Crippen LogP contribution in [0.2, 0.25) is 0 Å². The van der Waals surface area contributed by atoms with Crippen molar-refractivity contribution in [2.45, 2.75) is 43.9 Å². The highest BCUT2D eigenvalue weighted by molar-refractivity contribution is 7.09. The molecular formula is C22H24F2N2O2S. The van der Waals surface area contributed by atoms with E-state index in [1.54, 1.807) is 29.6 Å². The van der Waals surface area contributed by atoms with Crippen molar-refractivity contribution in [3.05, 3.63) is 76.5 Å². The third-order valence-corrected chi connectivity index (χ3v) is 5.71. The molecule has 0 aliphatic heterocycles. The van der Waals surface area contributed by atoms with Gasteiger partial charge in [0.1, 0.15) is 22.9 Å². The Morgan fingerprint density at radius 2 is 2.07 bits per heavy atom. The largest absolute Gasteiger partial charge is 0.480 e. The van der Waals surface area contributed by atoms with Crippen LogP contribution in [-0.4, -0.2) is 27.8 Å². The zero-order valence-corrected chi connectivity index (χ0v) is 17.1. The number of nitrogens with zero attached hydrogens (tertiary/aromatic N) is 1. The number of nitrogens with one attached hydrogen (secondary N) is 1. The lowest BCUT2D eigenvalue weighted by atomic mass is 9.84. The molecule has 3 rings (SSSR count). The van der Waals surface area contributed by atoms with Crippen molar-refractivity contribution < 1.29 is 18.7 Å². The number of alkyl halides is 1. The molecule has 0 bridgehead atoms. The van der Waals surface area contributed by atoms with Crippen LogP contribution in [0, 0.1) is 5.92 Å². The molecule has 0 radical (unpaired) electrons. The third kappa shape index (κ3) is 4.97. The first-order chi connectivity index (χ1) is 13.8. The lowest BCUT2D eigenvalue weighted by Crippen LogP contribution is -2.47. The Hall–Kier alpha value is -2.38. The van der Waals surface area contributed by atoms with E-state index in [-0.39, 0.29) is 5.92 Å². The minimum atomic E-state index is -2.24. The lowest BCUT2D eigenvalue weighted by molar-refractivity contribution is -0.140. The van der Waals surface area contributed by atoms with Crippen LogP contribution in [0.3, 0.4) is 0 Å². The standard InChI is InChI=1S/C22H24F2N2O2S/c1-14(2)12-18(21(27)28)26-19(20-25-10-11-29-20)22(24)9-8-16(17(23)13-22)15-6-4-3-5-7-15/h3-11,13-14,16,18-19,26H,12H2,1-2H3,(H,27,28)/t16?,18-,19?,22?/m0/s1. The molecule has 4 nitrogen and oxygen atoms in total. The van der Waals surface area contributed by atoms with Crippen LogP contribution in [-0.2, 0) is 4.79 Å². The highest BCUT2D eigenvalue weighted by atomic mass is 32.1. The molecule has 1 aromatic heterocycles. The van der Waals surface area contributed by atoms with Gasteiger partial charge in [0.05, 0.1) is 5.92 Å². The van der Waals surface area contributed by atoms with E-state index >= 15 is 4.39 Å². The predicted molar refractivity (Wildman–Crippen MR) is 110 cm³/mol. The summed E-state index contributed by atoms with van der Waals surface area (Å²) < 4.78 is 31.0. The normalized spacial score (nSPS) is 23.6. The summed E-state index contributed by atoms with van der Waals surface area (Å²) in [6, 6.07) is 6.92. The Balaban J connectivity index is 1.93. The van der Waals surface area contributed by atoms with Crippen molar-refractivity contribution in [2.75, 3.05) is 0 Å². The summed E-state index contributed by atoms with van der Waals surface area (Å²) in [5.74, 6) is -2.26. The van der Waals surface area contributed by atoms with Crippen LogP contribution in [0.5, 0.6) is 0 Å². The maximum Gasteiger partial charge on any atom is 0.320 e. The predicted octanol–water partition coefficient (Wildman–Crippen LogP) is 5.19. The third-order valence-electron chi connectivity index (χ3n) is 4.87. The first kappa shape index (κ1) is 21.3. The fourth-order valence-electron chi connectivity index (χ4n) is 3.47. The quantitative estimate of drug-likeness (QED) is 0.579. The van der Waals surface area contributed by atoms with Gasteiger partial charge in [0.2, 0.25) is 0 Å². The van der Waals surface area contributed by atoms with Crippen molar-refractivity contribution in [3.8, 4) is 0 Å². The number of benzene rings is 1. The van der Waals surface area contributed by atoms with Gasteiger partial charge in [-0.3, -0.25) is 10.1 Å². The van der Waals surface area contributed by atoms with Gasteiger partial charge < -0.3 is 5.11 Å². The molecule has 3 unspecified atom stereocenters. The summed E-state index contributed by atoms with van der Waals surface area (Å²) in [7, 11) is 0. The summed E-state index contributed by atoms with van der Waals surface area (Å²) in [6.45, 7) is 3.79. The number of hydrogen-bond acceptors (Lipinski definition) is 4. The number of thiazole rings is 1. The van der Waals surface area contributed by atoms with Crippen molar-refractivity contribution >= 4 is 17.3 Å². The number of carboxylic acids is 1. The highest BCUT2D eigenvalue weighted by Crippen LogP contribution is 2.42. The average molecular weight is 419 g/mol. The van der Waals surface area contributed by atoms with Gasteiger partial charge in [-0.25, -0.2) is 13.8 Å². The maximum atomic E-state index is 16.0. The van der Waals surface area contributed by atoms with Crippen molar-refractivity contribution in [1.29, 1.82) is 0 Å². The van der Waals surface area contributed by atoms with Crippen LogP contribution < -0.4 is 5.32 Å². The van der Waals surface area contributed by atoms with E-state index in [1.165, 1.54) is 29.7 Å². The average Bonchev–Trinajstić information content (AvgIpc) is 3.19. The molecule has 2 aromatic rings. The van der Waals surface area contributed by atoms with Crippen molar-refractivity contribution in [1.82, 2.24) is 10.3 Å². The molecule has 1 heterocycles. The molecule has 0 amide bonds. The molecule has 0 saturated heterocycles. The first-order valence-corrected chi connectivity index (χ1v) is 10.4. The van der Waals surface area contributed by atoms with Crippen LogP contribution in [0.15, 0.2) is 66.0 Å². The molecule has 4 atom stereocenters. The van der Waals surface area contributed by atoms with E-state index in [0.29, 0.717) is 11.4 Å². The Bertz CT molecular complexity index is 883. The van der Waals surface area contributed by atoms with Gasteiger partial charge in [-0.05, 0) is 30.1 Å². The van der Waals surface area contributed by atoms with Crippen LogP contribution in [0.25, 0.3) is 0 Å². The number of halogens is 2. The summed E-state index contributed by atoms with van der Waals surface area (Å²) in [4.78, 5) is 15.9. The van der Waals surface area contributed by atoms with Gasteiger partial charge in [0.15, 0.2) is 5.67 Å². The summed E-state index contributed by atoms with van der Waals surface area (Å²) in [5, 5.41) is 14.5. The number of carboxylic acid groups (broad SMARTS) is 1. The Kier molecular flexibility index (Phi) is 6.59. The van der Waals surface area contributed by atoms with Gasteiger partial charge in [-0.15, -0.1) is 11.3 Å². The fraction of sp³-hybridized carbons (Fsp3) is 0.364. The molecular weight excluding hydrogens is 394 g/mol. The number of carbonyl (C=O) groups is 1. The SMILES string of the molecule is CC(C)C[C@H](NC(c1nccs1)C1(F)C=CC(c2ccccc2)C(F)=C1)C(=O)O. The molecule has 2 N–H and O–H groups in total. The summed E-state index contributed by atoms with van der Waals surface area (Å²) >= 11 is 1.20. The molecule has 7 heteroatoms. The van der Waals surface area contributed by atoms with Crippen molar-refractivity contribution in [3.63, 3.8) is 0 Å². The highest BCUT2D eigenvalue weighted by Gasteiger charge is 2.43. The van der Waals surface area contributed by atoms with Crippen LogP contribution >= 0.6 is 11.3 Å². The zero-order chi connectivity index (χ0) is 21.0. The molecule has 1 aromatic carbocycles. The molecule has 29 heavy (non-hydrogen) atoms. The Morgan fingerprint density at radius 3 is 2.62 bits per heavy atom. The van der Waals surface area contributed by atoms with E-state index in [4.69, 9.17) is 0 Å². The molecule has 1 aliphatic rings. The van der Waals surface area contributed by atoms with Crippen LogP contribution in [0.4, 0.5) is 8.78 Å². The van der Waals surface area contributed by atoms with Crippen molar-refractivity contribution in [2.24, 2.45) is 5.92 Å². The number of aliphatic carboxylic acids is 1. The van der Waals surface area contributed by atoms with E-state index in [0.717, 1.165) is 11.6 Å². The first-order valence-electron chi connectivity index (χ1n) is 9.50. The van der Waals surface area contributed by atoms with Gasteiger partial charge in [0.25, 0.3) is 0 Å². The van der Waals surface area contributed by atoms with E-state index in [2.05, 4.69) is 10.3 Å². The minimum Gasteiger partial charge on any atom is -0.480 e. The van der Waals surface area contributed by atoms with Crippen LogP contribution in [0.1, 0.15) is 42.8 Å². The second kappa shape index (κ2) is 8.97. The molecule has 0 saturated carbocycles. The number of hydrogen-bond donors (Lipinski definition) is 2. The topological polar surface area (TPSA) is 62.2 Å². The minimum absolute atomic E-state index is 0.0905. The van der Waals surface area contributed by atoms with E-state index in [1.807, 2.05) is 19.9 Å². The number of rotatable bonds is 8. The Labute approximate surface area is 173 Å². The molecule has 1 aliphatic carbocycles.